The molecule has 0 aliphatic carbocycles. The van der Waals surface area contributed by atoms with E-state index in [2.05, 4.69) is 0 Å². The highest BCUT2D eigenvalue weighted by Gasteiger charge is 2.40. The smallest absolute Gasteiger partial charge is 0.339 e. The fourth-order valence-corrected chi connectivity index (χ4v) is 3.31. The molecule has 2 aliphatic heterocycles. The van der Waals surface area contributed by atoms with Gasteiger partial charge in [-0.2, -0.15) is 0 Å². The Balaban J connectivity index is 2.33. The average molecular weight is 321 g/mol. The summed E-state index contributed by atoms with van der Waals surface area (Å²) in [7, 11) is 2.57. The molecule has 1 fully saturated rings. The Hall–Kier alpha value is -2.15. The van der Waals surface area contributed by atoms with Crippen molar-refractivity contribution in [3.8, 4) is 0 Å². The average Bonchev–Trinajstić information content (AvgIpc) is 3.27. The molecule has 0 amide bonds. The largest absolute Gasteiger partial charge is 0.469 e. The first-order valence-corrected chi connectivity index (χ1v) is 7.58. The Morgan fingerprint density at radius 3 is 2.57 bits per heavy atom. The van der Waals surface area contributed by atoms with Crippen molar-refractivity contribution in [1.82, 2.24) is 4.57 Å². The van der Waals surface area contributed by atoms with Crippen molar-refractivity contribution in [2.45, 2.75) is 38.3 Å². The second-order valence-corrected chi connectivity index (χ2v) is 5.77. The third-order valence-electron chi connectivity index (χ3n) is 4.48. The van der Waals surface area contributed by atoms with Crippen LogP contribution in [0.4, 0.5) is 0 Å². The van der Waals surface area contributed by atoms with Crippen molar-refractivity contribution >= 4 is 11.9 Å². The Morgan fingerprint density at radius 2 is 2.00 bits per heavy atom. The Kier molecular flexibility index (Phi) is 3.97. The summed E-state index contributed by atoms with van der Waals surface area (Å²) in [5.41, 5.74) is 1.54. The predicted octanol–water partition coefficient (Wildman–Crippen LogP) is 0.929. The lowest BCUT2D eigenvalue weighted by Crippen LogP contribution is -2.31. The lowest BCUT2D eigenvalue weighted by Gasteiger charge is -2.20. The molecular formula is C16H19NO6. The molecule has 7 heteroatoms. The highest BCUT2D eigenvalue weighted by molar-refractivity contribution is 5.95. The Bertz CT molecular complexity index is 731. The molecular weight excluding hydrogens is 302 g/mol. The number of hydrogen-bond donors (Lipinski definition) is 0. The molecule has 1 saturated heterocycles. The van der Waals surface area contributed by atoms with Crippen LogP contribution in [0.5, 0.6) is 0 Å². The number of methoxy groups -OCH3 is 2. The second kappa shape index (κ2) is 5.81. The van der Waals surface area contributed by atoms with E-state index in [1.165, 1.54) is 14.2 Å². The molecule has 7 nitrogen and oxygen atoms in total. The number of aromatic nitrogens is 1. The zero-order valence-corrected chi connectivity index (χ0v) is 13.4. The number of ether oxygens (including phenoxy) is 3. The van der Waals surface area contributed by atoms with Gasteiger partial charge in [0, 0.05) is 12.2 Å². The molecule has 124 valence electrons. The number of pyridine rings is 1. The zero-order valence-electron chi connectivity index (χ0n) is 13.4. The van der Waals surface area contributed by atoms with Gasteiger partial charge in [0.2, 0.25) is 0 Å². The monoisotopic (exact) mass is 321 g/mol. The van der Waals surface area contributed by atoms with Gasteiger partial charge in [0.1, 0.15) is 6.10 Å². The number of carbonyl (C=O) groups excluding carboxylic acids is 2. The number of rotatable bonds is 4. The Labute approximate surface area is 133 Å². The molecule has 0 N–H and O–H groups in total. The van der Waals surface area contributed by atoms with Crippen molar-refractivity contribution < 1.29 is 23.8 Å². The minimum atomic E-state index is -0.743. The van der Waals surface area contributed by atoms with Crippen LogP contribution in [0.3, 0.4) is 0 Å². The molecule has 0 saturated carbocycles. The first-order chi connectivity index (χ1) is 11.0. The van der Waals surface area contributed by atoms with Crippen LogP contribution in [0.2, 0.25) is 0 Å². The molecule has 0 radical (unpaired) electrons. The molecule has 3 heterocycles. The highest BCUT2D eigenvalue weighted by atomic mass is 16.6. The molecule has 0 spiro atoms. The summed E-state index contributed by atoms with van der Waals surface area (Å²) in [6, 6.07) is 0. The van der Waals surface area contributed by atoms with Gasteiger partial charge in [-0.25, -0.2) is 4.79 Å². The summed E-state index contributed by atoms with van der Waals surface area (Å²) in [5.74, 6) is -1.78. The van der Waals surface area contributed by atoms with Crippen molar-refractivity contribution in [3.63, 3.8) is 0 Å². The third-order valence-corrected chi connectivity index (χ3v) is 4.48. The quantitative estimate of drug-likeness (QED) is 0.605. The number of fused-ring (bicyclic) bond motifs is 1. The van der Waals surface area contributed by atoms with Gasteiger partial charge in [-0.05, 0) is 25.3 Å². The molecule has 23 heavy (non-hydrogen) atoms. The van der Waals surface area contributed by atoms with Gasteiger partial charge >= 0.3 is 11.9 Å². The standard InChI is InChI=1S/C16H19NO6/c1-8(15(19)21-2)11-12(16(20)22-3)9-5-4-6-17(9)14(18)13(11)10-7-23-10/h8,10H,4-7H2,1-3H3. The molecule has 1 aromatic heterocycles. The van der Waals surface area contributed by atoms with Crippen LogP contribution in [0, 0.1) is 0 Å². The minimum Gasteiger partial charge on any atom is -0.469 e. The van der Waals surface area contributed by atoms with Gasteiger partial charge in [0.05, 0.1) is 37.9 Å². The summed E-state index contributed by atoms with van der Waals surface area (Å²) in [6.45, 7) is 2.60. The van der Waals surface area contributed by atoms with Crippen LogP contribution in [-0.2, 0) is 32.0 Å². The van der Waals surface area contributed by atoms with Crippen LogP contribution >= 0.6 is 0 Å². The summed E-state index contributed by atoms with van der Waals surface area (Å²) >= 11 is 0. The van der Waals surface area contributed by atoms with E-state index < -0.39 is 17.9 Å². The summed E-state index contributed by atoms with van der Waals surface area (Å²) in [4.78, 5) is 37.3. The maximum absolute atomic E-state index is 12.8. The van der Waals surface area contributed by atoms with Crippen LogP contribution in [0.1, 0.15) is 52.5 Å². The van der Waals surface area contributed by atoms with E-state index in [-0.39, 0.29) is 11.7 Å². The first-order valence-electron chi connectivity index (χ1n) is 7.58. The fourth-order valence-electron chi connectivity index (χ4n) is 3.31. The zero-order chi connectivity index (χ0) is 16.7. The van der Waals surface area contributed by atoms with Gasteiger partial charge < -0.3 is 18.8 Å². The van der Waals surface area contributed by atoms with E-state index >= 15 is 0 Å². The van der Waals surface area contributed by atoms with Gasteiger partial charge in [-0.15, -0.1) is 0 Å². The fraction of sp³-hybridized carbons (Fsp3) is 0.562. The topological polar surface area (TPSA) is 87.1 Å². The molecule has 1 aromatic rings. The Morgan fingerprint density at radius 1 is 1.30 bits per heavy atom. The number of epoxide rings is 1. The lowest BCUT2D eigenvalue weighted by molar-refractivity contribution is -0.142. The van der Waals surface area contributed by atoms with Crippen LogP contribution in [0.25, 0.3) is 0 Å². The number of nitrogens with zero attached hydrogens (tertiary/aromatic N) is 1. The molecule has 2 atom stereocenters. The molecule has 2 aliphatic rings. The summed E-state index contributed by atoms with van der Waals surface area (Å²) in [6.07, 6.45) is 1.01. The van der Waals surface area contributed by atoms with Crippen LogP contribution < -0.4 is 5.56 Å². The van der Waals surface area contributed by atoms with Crippen molar-refractivity contribution in [1.29, 1.82) is 0 Å². The second-order valence-electron chi connectivity index (χ2n) is 5.77. The van der Waals surface area contributed by atoms with Gasteiger partial charge in [-0.1, -0.05) is 0 Å². The maximum Gasteiger partial charge on any atom is 0.339 e. The van der Waals surface area contributed by atoms with Gasteiger partial charge in [0.25, 0.3) is 5.56 Å². The van der Waals surface area contributed by atoms with Crippen molar-refractivity contribution in [2.24, 2.45) is 0 Å². The SMILES string of the molecule is COC(=O)c1c(C(C)C(=O)OC)c(C2CO2)c(=O)n2c1CCC2. The minimum absolute atomic E-state index is 0.182. The molecule has 3 rings (SSSR count). The normalized spacial score (nSPS) is 19.9. The van der Waals surface area contributed by atoms with E-state index in [9.17, 15) is 14.4 Å². The number of esters is 2. The van der Waals surface area contributed by atoms with E-state index in [4.69, 9.17) is 14.2 Å². The van der Waals surface area contributed by atoms with Crippen LogP contribution in [0.15, 0.2) is 4.79 Å². The molecule has 0 aromatic carbocycles. The highest BCUT2D eigenvalue weighted by Crippen LogP contribution is 2.38. The van der Waals surface area contributed by atoms with E-state index in [1.54, 1.807) is 11.5 Å². The predicted molar refractivity (Wildman–Crippen MR) is 79.5 cm³/mol. The molecule has 2 unspecified atom stereocenters. The van der Waals surface area contributed by atoms with Gasteiger partial charge in [-0.3, -0.25) is 9.59 Å². The van der Waals surface area contributed by atoms with Crippen molar-refractivity contribution in [3.05, 3.63) is 32.7 Å². The summed E-state index contributed by atoms with van der Waals surface area (Å²) < 4.78 is 16.6. The number of carbonyl (C=O) groups is 2. The molecule has 0 bridgehead atoms. The number of hydrogen-bond acceptors (Lipinski definition) is 6. The van der Waals surface area contributed by atoms with Crippen LogP contribution in [-0.4, -0.2) is 37.3 Å². The summed E-state index contributed by atoms with van der Waals surface area (Å²) in [5, 5.41) is 0. The van der Waals surface area contributed by atoms with E-state index in [1.807, 2.05) is 0 Å². The van der Waals surface area contributed by atoms with E-state index in [0.29, 0.717) is 42.0 Å². The van der Waals surface area contributed by atoms with E-state index in [0.717, 1.165) is 6.42 Å². The first kappa shape index (κ1) is 15.7. The lowest BCUT2D eigenvalue weighted by atomic mass is 9.89. The maximum atomic E-state index is 12.8. The van der Waals surface area contributed by atoms with Crippen molar-refractivity contribution in [2.75, 3.05) is 20.8 Å². The third kappa shape index (κ3) is 2.45. The van der Waals surface area contributed by atoms with Gasteiger partial charge in [0.15, 0.2) is 0 Å².